The maximum Gasteiger partial charge on any atom is 0.227 e. The van der Waals surface area contributed by atoms with Gasteiger partial charge in [0.25, 0.3) is 0 Å². The summed E-state index contributed by atoms with van der Waals surface area (Å²) in [4.78, 5) is 7.22. The van der Waals surface area contributed by atoms with Crippen LogP contribution in [-0.2, 0) is 6.42 Å². The largest absolute Gasteiger partial charge is 0.436 e. The maximum atomic E-state index is 6.24. The average Bonchev–Trinajstić information content (AvgIpc) is 3.61. The zero-order valence-electron chi connectivity index (χ0n) is 27.0. The SMILES string of the molecule is CCc1cccc2nc(-c3ccc(-c4ccccc4-c4ccccc4C4=CCC(N(c5ccccc5)c5ccccc5)C=C4)cc3)oc12. The molecule has 3 nitrogen and oxygen atoms in total. The molecule has 0 saturated heterocycles. The predicted octanol–water partition coefficient (Wildman–Crippen LogP) is 11.9. The van der Waals surface area contributed by atoms with E-state index in [0.717, 1.165) is 35.1 Å². The number of para-hydroxylation sites is 3. The number of rotatable bonds is 8. The highest BCUT2D eigenvalue weighted by atomic mass is 16.3. The van der Waals surface area contributed by atoms with Gasteiger partial charge in [-0.2, -0.15) is 0 Å². The molecule has 48 heavy (non-hydrogen) atoms. The smallest absolute Gasteiger partial charge is 0.227 e. The molecule has 3 heteroatoms. The lowest BCUT2D eigenvalue weighted by Gasteiger charge is -2.33. The van der Waals surface area contributed by atoms with E-state index in [9.17, 15) is 0 Å². The third-order valence-electron chi connectivity index (χ3n) is 9.25. The van der Waals surface area contributed by atoms with E-state index >= 15 is 0 Å². The number of fused-ring (bicyclic) bond motifs is 1. The van der Waals surface area contributed by atoms with Gasteiger partial charge in [0.15, 0.2) is 5.58 Å². The van der Waals surface area contributed by atoms with Gasteiger partial charge in [0, 0.05) is 16.9 Å². The molecule has 1 unspecified atom stereocenters. The molecule has 7 aromatic rings. The van der Waals surface area contributed by atoms with E-state index in [4.69, 9.17) is 9.40 Å². The van der Waals surface area contributed by atoms with Gasteiger partial charge < -0.3 is 9.32 Å². The van der Waals surface area contributed by atoms with Crippen LogP contribution >= 0.6 is 0 Å². The number of aromatic nitrogens is 1. The van der Waals surface area contributed by atoms with Gasteiger partial charge in [0.1, 0.15) is 5.52 Å². The zero-order valence-corrected chi connectivity index (χ0v) is 27.0. The first kappa shape index (κ1) is 29.5. The number of anilines is 2. The van der Waals surface area contributed by atoms with E-state index in [0.29, 0.717) is 5.89 Å². The Hall–Kier alpha value is -5.93. The van der Waals surface area contributed by atoms with Crippen molar-refractivity contribution in [2.24, 2.45) is 0 Å². The maximum absolute atomic E-state index is 6.24. The summed E-state index contributed by atoms with van der Waals surface area (Å²) in [5, 5.41) is 0. The van der Waals surface area contributed by atoms with Gasteiger partial charge in [-0.05, 0) is 94.3 Å². The molecule has 0 spiro atoms. The summed E-state index contributed by atoms with van der Waals surface area (Å²) in [6.45, 7) is 2.14. The molecule has 1 aromatic heterocycles. The van der Waals surface area contributed by atoms with Crippen molar-refractivity contribution < 1.29 is 4.42 Å². The third-order valence-corrected chi connectivity index (χ3v) is 9.25. The van der Waals surface area contributed by atoms with E-state index in [-0.39, 0.29) is 6.04 Å². The molecular formula is C45H36N2O. The topological polar surface area (TPSA) is 29.3 Å². The standard InChI is InChI=1S/C45H36N2O/c1-2-32-14-13-23-43-44(32)48-45(46-43)35-26-24-33(25-27-35)39-19-9-11-21-41(39)42-22-12-10-20-40(42)34-28-30-38(31-29-34)47(36-15-5-3-6-16-36)37-17-7-4-8-18-37/h3-30,38H,2,31H2,1H3. The van der Waals surface area contributed by atoms with E-state index in [1.165, 1.54) is 44.8 Å². The second-order valence-electron chi connectivity index (χ2n) is 12.2. The van der Waals surface area contributed by atoms with Crippen molar-refractivity contribution in [1.29, 1.82) is 0 Å². The number of hydrogen-bond acceptors (Lipinski definition) is 3. The molecule has 8 rings (SSSR count). The highest BCUT2D eigenvalue weighted by Gasteiger charge is 2.22. The Morgan fingerprint density at radius 3 is 1.81 bits per heavy atom. The van der Waals surface area contributed by atoms with Gasteiger partial charge in [-0.1, -0.05) is 134 Å². The molecular weight excluding hydrogens is 585 g/mol. The molecule has 1 atom stereocenters. The van der Waals surface area contributed by atoms with Gasteiger partial charge >= 0.3 is 0 Å². The fourth-order valence-electron chi connectivity index (χ4n) is 6.85. The van der Waals surface area contributed by atoms with Crippen molar-refractivity contribution >= 4 is 28.0 Å². The minimum atomic E-state index is 0.214. The van der Waals surface area contributed by atoms with Crippen LogP contribution in [0.4, 0.5) is 11.4 Å². The minimum absolute atomic E-state index is 0.214. The summed E-state index contributed by atoms with van der Waals surface area (Å²) < 4.78 is 6.24. The fourth-order valence-corrected chi connectivity index (χ4v) is 6.85. The van der Waals surface area contributed by atoms with Crippen molar-refractivity contribution in [2.45, 2.75) is 25.8 Å². The predicted molar refractivity (Wildman–Crippen MR) is 200 cm³/mol. The lowest BCUT2D eigenvalue weighted by Crippen LogP contribution is -2.30. The van der Waals surface area contributed by atoms with Crippen LogP contribution in [0.1, 0.15) is 24.5 Å². The highest BCUT2D eigenvalue weighted by molar-refractivity contribution is 5.92. The van der Waals surface area contributed by atoms with Gasteiger partial charge in [-0.3, -0.25) is 0 Å². The van der Waals surface area contributed by atoms with Crippen LogP contribution in [0.2, 0.25) is 0 Å². The fraction of sp³-hybridized carbons (Fsp3) is 0.0889. The normalized spacial score (nSPS) is 14.2. The van der Waals surface area contributed by atoms with Crippen molar-refractivity contribution in [3.05, 3.63) is 181 Å². The van der Waals surface area contributed by atoms with Crippen molar-refractivity contribution in [3.63, 3.8) is 0 Å². The Bertz CT molecular complexity index is 2210. The minimum Gasteiger partial charge on any atom is -0.436 e. The molecule has 1 aliphatic carbocycles. The monoisotopic (exact) mass is 620 g/mol. The quantitative estimate of drug-likeness (QED) is 0.169. The third kappa shape index (κ3) is 5.65. The van der Waals surface area contributed by atoms with Crippen molar-refractivity contribution in [3.8, 4) is 33.7 Å². The van der Waals surface area contributed by atoms with Crippen molar-refractivity contribution in [1.82, 2.24) is 4.98 Å². The summed E-state index contributed by atoms with van der Waals surface area (Å²) in [6, 6.07) is 53.8. The van der Waals surface area contributed by atoms with Crippen LogP contribution in [0.25, 0.3) is 50.4 Å². The van der Waals surface area contributed by atoms with E-state index in [2.05, 4.69) is 170 Å². The Balaban J connectivity index is 1.10. The summed E-state index contributed by atoms with van der Waals surface area (Å²) in [7, 11) is 0. The first-order chi connectivity index (χ1) is 23.8. The van der Waals surface area contributed by atoms with Crippen LogP contribution in [0.3, 0.4) is 0 Å². The molecule has 0 fully saturated rings. The molecule has 0 radical (unpaired) electrons. The molecule has 1 aliphatic rings. The number of benzene rings is 6. The van der Waals surface area contributed by atoms with Crippen molar-refractivity contribution in [2.75, 3.05) is 4.90 Å². The Morgan fingerprint density at radius 1 is 0.604 bits per heavy atom. The van der Waals surface area contributed by atoms with Crippen LogP contribution < -0.4 is 4.90 Å². The van der Waals surface area contributed by atoms with E-state index in [1.807, 2.05) is 12.1 Å². The first-order valence-electron chi connectivity index (χ1n) is 16.7. The second kappa shape index (κ2) is 13.1. The van der Waals surface area contributed by atoms with Crippen LogP contribution in [0, 0.1) is 0 Å². The Kier molecular flexibility index (Phi) is 8.02. The lowest BCUT2D eigenvalue weighted by atomic mass is 9.87. The summed E-state index contributed by atoms with van der Waals surface area (Å²) in [5.74, 6) is 0.656. The summed E-state index contributed by atoms with van der Waals surface area (Å²) >= 11 is 0. The number of oxazole rings is 1. The number of aryl methyl sites for hydroxylation is 1. The summed E-state index contributed by atoms with van der Waals surface area (Å²) in [5.41, 5.74) is 13.6. The molecule has 0 amide bonds. The molecule has 0 bridgehead atoms. The average molecular weight is 621 g/mol. The molecule has 0 aliphatic heterocycles. The van der Waals surface area contributed by atoms with E-state index < -0.39 is 0 Å². The van der Waals surface area contributed by atoms with Gasteiger partial charge in [0.05, 0.1) is 6.04 Å². The number of nitrogens with zero attached hydrogens (tertiary/aromatic N) is 2. The first-order valence-corrected chi connectivity index (χ1v) is 16.7. The highest BCUT2D eigenvalue weighted by Crippen LogP contribution is 2.39. The van der Waals surface area contributed by atoms with Crippen LogP contribution in [0.5, 0.6) is 0 Å². The Labute approximate surface area is 282 Å². The van der Waals surface area contributed by atoms with Crippen LogP contribution in [0.15, 0.2) is 174 Å². The second-order valence-corrected chi connectivity index (χ2v) is 12.2. The summed E-state index contributed by atoms with van der Waals surface area (Å²) in [6.07, 6.45) is 8.86. The van der Waals surface area contributed by atoms with Gasteiger partial charge in [-0.25, -0.2) is 4.98 Å². The number of allylic oxidation sites excluding steroid dienone is 2. The molecule has 0 saturated carbocycles. The Morgan fingerprint density at radius 2 is 1.19 bits per heavy atom. The number of hydrogen-bond donors (Lipinski definition) is 0. The molecule has 0 N–H and O–H groups in total. The molecule has 232 valence electrons. The van der Waals surface area contributed by atoms with Gasteiger partial charge in [-0.15, -0.1) is 0 Å². The molecule has 1 heterocycles. The van der Waals surface area contributed by atoms with E-state index in [1.54, 1.807) is 0 Å². The molecule has 6 aromatic carbocycles. The van der Waals surface area contributed by atoms with Crippen LogP contribution in [-0.4, -0.2) is 11.0 Å². The lowest BCUT2D eigenvalue weighted by molar-refractivity contribution is 0.615. The zero-order chi connectivity index (χ0) is 32.3. The van der Waals surface area contributed by atoms with Gasteiger partial charge in [0.2, 0.25) is 5.89 Å².